The van der Waals surface area contributed by atoms with Crippen LogP contribution in [0.15, 0.2) is 42.7 Å². The lowest BCUT2D eigenvalue weighted by Gasteiger charge is -2.30. The van der Waals surface area contributed by atoms with Crippen LogP contribution in [0.5, 0.6) is 5.75 Å². The topological polar surface area (TPSA) is 115 Å². The first-order valence-electron chi connectivity index (χ1n) is 15.0. The van der Waals surface area contributed by atoms with E-state index in [1.807, 2.05) is 18.3 Å². The van der Waals surface area contributed by atoms with Gasteiger partial charge in [0, 0.05) is 50.2 Å². The molecule has 0 spiro atoms. The van der Waals surface area contributed by atoms with Crippen molar-refractivity contribution in [3.8, 4) is 5.75 Å². The number of rotatable bonds is 11. The van der Waals surface area contributed by atoms with Crippen LogP contribution in [0, 0.1) is 5.92 Å². The second-order valence-corrected chi connectivity index (χ2v) is 11.6. The van der Waals surface area contributed by atoms with Crippen LogP contribution in [0.25, 0.3) is 0 Å². The summed E-state index contributed by atoms with van der Waals surface area (Å²) >= 11 is 0. The number of fused-ring (bicyclic) bond motifs is 1. The molecule has 3 aromatic rings. The highest BCUT2D eigenvalue weighted by Gasteiger charge is 2.22. The molecule has 2 atom stereocenters. The summed E-state index contributed by atoms with van der Waals surface area (Å²) in [4.78, 5) is 19.3. The SMILES string of the molecule is O=C(NC[C@H](O)CN1CCc2cc(OCc3cn(C4CCCCO4)nn3)ccc2C1)c1ccnc(CC2CCC2)c1. The van der Waals surface area contributed by atoms with Crippen molar-refractivity contribution in [1.82, 2.24) is 30.2 Å². The minimum Gasteiger partial charge on any atom is -0.487 e. The average Bonchev–Trinajstić information content (AvgIpc) is 3.46. The number of carbonyl (C=O) groups excluding carboxylic acids is 1. The van der Waals surface area contributed by atoms with Crippen molar-refractivity contribution in [1.29, 1.82) is 0 Å². The van der Waals surface area contributed by atoms with Gasteiger partial charge in [-0.2, -0.15) is 0 Å². The largest absolute Gasteiger partial charge is 0.487 e. The lowest BCUT2D eigenvalue weighted by atomic mass is 9.82. The van der Waals surface area contributed by atoms with E-state index in [4.69, 9.17) is 9.47 Å². The zero-order valence-corrected chi connectivity index (χ0v) is 23.6. The average molecular weight is 561 g/mol. The maximum absolute atomic E-state index is 12.7. The van der Waals surface area contributed by atoms with Gasteiger partial charge in [-0.15, -0.1) is 5.10 Å². The van der Waals surface area contributed by atoms with E-state index in [0.29, 0.717) is 24.6 Å². The van der Waals surface area contributed by atoms with Gasteiger partial charge in [0.25, 0.3) is 5.91 Å². The minimum absolute atomic E-state index is 0.0256. The zero-order valence-electron chi connectivity index (χ0n) is 23.6. The van der Waals surface area contributed by atoms with Gasteiger partial charge in [-0.05, 0) is 73.4 Å². The van der Waals surface area contributed by atoms with Crippen LogP contribution >= 0.6 is 0 Å². The second-order valence-electron chi connectivity index (χ2n) is 11.6. The molecule has 1 amide bonds. The number of pyridine rings is 1. The van der Waals surface area contributed by atoms with Crippen LogP contribution in [0.2, 0.25) is 0 Å². The van der Waals surface area contributed by atoms with Gasteiger partial charge in [0.05, 0.1) is 12.3 Å². The number of hydrogen-bond donors (Lipinski definition) is 2. The smallest absolute Gasteiger partial charge is 0.251 e. The van der Waals surface area contributed by atoms with Crippen LogP contribution in [0.4, 0.5) is 0 Å². The summed E-state index contributed by atoms with van der Waals surface area (Å²) in [5, 5.41) is 22.0. The van der Waals surface area contributed by atoms with Crippen molar-refractivity contribution in [2.24, 2.45) is 5.92 Å². The molecule has 218 valence electrons. The number of hydrogen-bond acceptors (Lipinski definition) is 8. The Balaban J connectivity index is 0.943. The molecule has 10 nitrogen and oxygen atoms in total. The predicted octanol–water partition coefficient (Wildman–Crippen LogP) is 3.44. The number of carbonyl (C=O) groups is 1. The molecule has 3 aliphatic rings. The van der Waals surface area contributed by atoms with Crippen molar-refractivity contribution in [3.63, 3.8) is 0 Å². The van der Waals surface area contributed by atoms with Crippen molar-refractivity contribution < 1.29 is 19.4 Å². The highest BCUT2D eigenvalue weighted by atomic mass is 16.5. The lowest BCUT2D eigenvalue weighted by Crippen LogP contribution is -2.42. The molecule has 0 bridgehead atoms. The maximum Gasteiger partial charge on any atom is 0.251 e. The predicted molar refractivity (Wildman–Crippen MR) is 152 cm³/mol. The Morgan fingerprint density at radius 1 is 1.12 bits per heavy atom. The summed E-state index contributed by atoms with van der Waals surface area (Å²) in [6.45, 7) is 3.44. The maximum atomic E-state index is 12.7. The van der Waals surface area contributed by atoms with E-state index >= 15 is 0 Å². The van der Waals surface area contributed by atoms with Gasteiger partial charge in [0.1, 0.15) is 18.1 Å². The fourth-order valence-corrected chi connectivity index (χ4v) is 5.84. The fourth-order valence-electron chi connectivity index (χ4n) is 5.84. The second kappa shape index (κ2) is 13.1. The van der Waals surface area contributed by atoms with E-state index in [1.54, 1.807) is 16.9 Å². The summed E-state index contributed by atoms with van der Waals surface area (Å²) in [7, 11) is 0. The molecule has 2 aromatic heterocycles. The van der Waals surface area contributed by atoms with Gasteiger partial charge in [-0.25, -0.2) is 4.68 Å². The minimum atomic E-state index is -0.646. The first kappa shape index (κ1) is 27.8. The van der Waals surface area contributed by atoms with Crippen LogP contribution < -0.4 is 10.1 Å². The molecule has 2 N–H and O–H groups in total. The third kappa shape index (κ3) is 7.30. The first-order chi connectivity index (χ1) is 20.1. The summed E-state index contributed by atoms with van der Waals surface area (Å²) in [5.74, 6) is 1.35. The normalized spacial score (nSPS) is 20.2. The quantitative estimate of drug-likeness (QED) is 0.367. The Labute approximate surface area is 241 Å². The third-order valence-corrected chi connectivity index (χ3v) is 8.43. The molecule has 2 fully saturated rings. The molecule has 1 aromatic carbocycles. The van der Waals surface area contributed by atoms with E-state index in [1.165, 1.54) is 30.4 Å². The number of amides is 1. The van der Waals surface area contributed by atoms with Crippen LogP contribution in [0.3, 0.4) is 0 Å². The van der Waals surface area contributed by atoms with E-state index in [9.17, 15) is 9.90 Å². The Kier molecular flexibility index (Phi) is 8.88. The van der Waals surface area contributed by atoms with Crippen molar-refractivity contribution >= 4 is 5.91 Å². The van der Waals surface area contributed by atoms with Crippen molar-refractivity contribution in [2.75, 3.05) is 26.2 Å². The summed E-state index contributed by atoms with van der Waals surface area (Å²) in [5.41, 5.74) is 4.85. The molecule has 2 aliphatic heterocycles. The zero-order chi connectivity index (χ0) is 28.0. The standard InChI is InChI=1S/C31H40N6O4/c38-28(17-33-31(39)24-9-11-32-26(15-24)14-22-4-3-5-22)20-36-12-10-23-16-29(8-7-25(23)18-36)41-21-27-19-37(35-34-27)30-6-1-2-13-40-30/h7-9,11,15-16,19,22,28,30,38H,1-6,10,12-14,17-18,20-21H2,(H,33,39)/t28-,30?/m0/s1. The molecule has 41 heavy (non-hydrogen) atoms. The molecule has 1 saturated heterocycles. The monoisotopic (exact) mass is 560 g/mol. The highest BCUT2D eigenvalue weighted by molar-refractivity contribution is 5.94. The molecule has 0 radical (unpaired) electrons. The van der Waals surface area contributed by atoms with E-state index in [2.05, 4.69) is 37.6 Å². The number of β-amino-alcohol motifs (C(OH)–C–C–N with tert-alkyl or cyclic N) is 1. The van der Waals surface area contributed by atoms with E-state index in [-0.39, 0.29) is 18.7 Å². The van der Waals surface area contributed by atoms with Crippen LogP contribution in [-0.2, 0) is 30.7 Å². The van der Waals surface area contributed by atoms with Gasteiger partial charge >= 0.3 is 0 Å². The first-order valence-corrected chi connectivity index (χ1v) is 15.0. The lowest BCUT2D eigenvalue weighted by molar-refractivity contribution is -0.0405. The van der Waals surface area contributed by atoms with E-state index < -0.39 is 6.10 Å². The molecule has 4 heterocycles. The van der Waals surface area contributed by atoms with Gasteiger partial charge in [-0.3, -0.25) is 14.7 Å². The Bertz CT molecular complexity index is 1320. The highest BCUT2D eigenvalue weighted by Crippen LogP contribution is 2.29. The van der Waals surface area contributed by atoms with Gasteiger partial charge in [0.15, 0.2) is 6.23 Å². The summed E-state index contributed by atoms with van der Waals surface area (Å²) in [6, 6.07) is 9.81. The van der Waals surface area contributed by atoms with E-state index in [0.717, 1.165) is 68.9 Å². The van der Waals surface area contributed by atoms with Crippen LogP contribution in [0.1, 0.15) is 77.6 Å². The molecule has 1 saturated carbocycles. The van der Waals surface area contributed by atoms with Gasteiger partial charge < -0.3 is 19.9 Å². The summed E-state index contributed by atoms with van der Waals surface area (Å²) in [6.07, 6.45) is 11.8. The van der Waals surface area contributed by atoms with Crippen LogP contribution in [-0.4, -0.2) is 68.2 Å². The molecule has 1 aliphatic carbocycles. The Morgan fingerprint density at radius 3 is 2.88 bits per heavy atom. The number of ether oxygens (including phenoxy) is 2. The molecule has 10 heteroatoms. The summed E-state index contributed by atoms with van der Waals surface area (Å²) < 4.78 is 13.6. The van der Waals surface area contributed by atoms with Gasteiger partial charge in [0.2, 0.25) is 0 Å². The Hall–Kier alpha value is -3.34. The number of aromatic nitrogens is 4. The molecule has 6 rings (SSSR count). The van der Waals surface area contributed by atoms with Gasteiger partial charge in [-0.1, -0.05) is 30.5 Å². The fraction of sp³-hybridized carbons (Fsp3) is 0.548. The molecular formula is C31H40N6O4. The van der Waals surface area contributed by atoms with Crippen molar-refractivity contribution in [3.05, 3.63) is 70.8 Å². The molecule has 1 unspecified atom stereocenters. The third-order valence-electron chi connectivity index (χ3n) is 8.43. The number of nitrogens with one attached hydrogen (secondary N) is 1. The number of aliphatic hydroxyl groups excluding tert-OH is 1. The number of aliphatic hydroxyl groups is 1. The molecular weight excluding hydrogens is 520 g/mol. The Morgan fingerprint density at radius 2 is 2.05 bits per heavy atom. The van der Waals surface area contributed by atoms with Crippen molar-refractivity contribution in [2.45, 2.75) is 76.9 Å². The number of benzene rings is 1. The number of nitrogens with zero attached hydrogens (tertiary/aromatic N) is 5.